The van der Waals surface area contributed by atoms with E-state index in [1.54, 1.807) is 6.92 Å². The fourth-order valence-corrected chi connectivity index (χ4v) is 4.71. The lowest BCUT2D eigenvalue weighted by molar-refractivity contribution is -0.257. The van der Waals surface area contributed by atoms with E-state index in [0.717, 1.165) is 12.8 Å². The highest BCUT2D eigenvalue weighted by molar-refractivity contribution is 6.74. The molecule has 1 unspecified atom stereocenters. The quantitative estimate of drug-likeness (QED) is 0.631. The molecule has 9 nitrogen and oxygen atoms in total. The Morgan fingerprint density at radius 1 is 1.32 bits per heavy atom. The van der Waals surface area contributed by atoms with Crippen molar-refractivity contribution in [2.75, 3.05) is 13.2 Å². The Balaban J connectivity index is 1.89. The van der Waals surface area contributed by atoms with Crippen LogP contribution in [-0.4, -0.2) is 60.3 Å². The maximum atomic E-state index is 12.5. The molecule has 1 aromatic heterocycles. The molecule has 2 fully saturated rings. The molecule has 5 atom stereocenters. The molecule has 0 spiro atoms. The van der Waals surface area contributed by atoms with Crippen LogP contribution in [0, 0.1) is 0 Å². The highest BCUT2D eigenvalue weighted by Gasteiger charge is 2.57. The summed E-state index contributed by atoms with van der Waals surface area (Å²) in [5, 5.41) is 11.3. The van der Waals surface area contributed by atoms with Gasteiger partial charge >= 0.3 is 5.69 Å². The van der Waals surface area contributed by atoms with Crippen molar-refractivity contribution < 1.29 is 23.7 Å². The van der Waals surface area contributed by atoms with Crippen LogP contribution in [0.15, 0.2) is 21.9 Å². The molecule has 3 heterocycles. The van der Waals surface area contributed by atoms with Crippen molar-refractivity contribution in [3.63, 3.8) is 0 Å². The number of aliphatic hydroxyl groups is 1. The predicted octanol–water partition coefficient (Wildman–Crippen LogP) is 2.12. The minimum atomic E-state index is -2.08. The van der Waals surface area contributed by atoms with Crippen LogP contribution in [0.3, 0.4) is 0 Å². The number of aromatic amines is 1. The van der Waals surface area contributed by atoms with Crippen LogP contribution in [0.25, 0.3) is 0 Å². The van der Waals surface area contributed by atoms with Gasteiger partial charge in [-0.25, -0.2) is 4.79 Å². The van der Waals surface area contributed by atoms with Gasteiger partial charge in [-0.2, -0.15) is 0 Å². The first-order valence-electron chi connectivity index (χ1n) is 10.9. The topological polar surface area (TPSA) is 112 Å². The fraction of sp³-hybridized carbons (Fsp3) is 0.810. The number of aromatic nitrogens is 2. The van der Waals surface area contributed by atoms with Gasteiger partial charge in [0.2, 0.25) is 0 Å². The van der Waals surface area contributed by atoms with Gasteiger partial charge in [0.05, 0.1) is 6.61 Å². The number of rotatable bonds is 6. The summed E-state index contributed by atoms with van der Waals surface area (Å²) in [4.78, 5) is 26.3. The van der Waals surface area contributed by atoms with Crippen LogP contribution in [0.1, 0.15) is 53.2 Å². The molecule has 2 N–H and O–H groups in total. The lowest BCUT2D eigenvalue weighted by Crippen LogP contribution is -2.52. The molecule has 0 aromatic carbocycles. The second-order valence-electron chi connectivity index (χ2n) is 10.2. The number of H-pyrrole nitrogens is 1. The molecule has 1 aromatic rings. The first kappa shape index (κ1) is 24.3. The van der Waals surface area contributed by atoms with Crippen LogP contribution in [-0.2, 0) is 18.6 Å². The van der Waals surface area contributed by atoms with Crippen LogP contribution < -0.4 is 11.2 Å². The molecule has 0 bridgehead atoms. The van der Waals surface area contributed by atoms with Gasteiger partial charge in [-0.05, 0) is 44.3 Å². The third-order valence-corrected chi connectivity index (χ3v) is 11.3. The summed E-state index contributed by atoms with van der Waals surface area (Å²) < 4.78 is 25.7. The number of hydrogen-bond donors (Lipinski definition) is 2. The Morgan fingerprint density at radius 3 is 2.61 bits per heavy atom. The Labute approximate surface area is 183 Å². The van der Waals surface area contributed by atoms with Crippen molar-refractivity contribution in [3.05, 3.63) is 33.1 Å². The molecule has 176 valence electrons. The van der Waals surface area contributed by atoms with E-state index in [2.05, 4.69) is 38.8 Å². The van der Waals surface area contributed by atoms with Crippen LogP contribution in [0.2, 0.25) is 18.1 Å². The maximum Gasteiger partial charge on any atom is 0.330 e. The van der Waals surface area contributed by atoms with Gasteiger partial charge in [0.1, 0.15) is 17.8 Å². The maximum absolute atomic E-state index is 12.5. The average Bonchev–Trinajstić information content (AvgIpc) is 2.91. The second-order valence-corrected chi connectivity index (χ2v) is 15.0. The van der Waals surface area contributed by atoms with Crippen molar-refractivity contribution >= 4 is 8.32 Å². The summed E-state index contributed by atoms with van der Waals surface area (Å²) in [5.41, 5.74) is -2.41. The van der Waals surface area contributed by atoms with Gasteiger partial charge in [-0.15, -0.1) is 0 Å². The van der Waals surface area contributed by atoms with Crippen LogP contribution in [0.5, 0.6) is 0 Å². The zero-order valence-electron chi connectivity index (χ0n) is 19.3. The fourth-order valence-electron chi connectivity index (χ4n) is 3.70. The predicted molar refractivity (Wildman–Crippen MR) is 117 cm³/mol. The lowest BCUT2D eigenvalue weighted by atomic mass is 9.95. The Kier molecular flexibility index (Phi) is 7.00. The van der Waals surface area contributed by atoms with Crippen molar-refractivity contribution in [2.45, 2.75) is 95.4 Å². The molecule has 2 saturated heterocycles. The molecular formula is C21H36N2O7Si. The first-order valence-corrected chi connectivity index (χ1v) is 13.8. The highest BCUT2D eigenvalue weighted by Crippen LogP contribution is 2.43. The molecule has 31 heavy (non-hydrogen) atoms. The first-order chi connectivity index (χ1) is 14.3. The minimum Gasteiger partial charge on any atom is -0.414 e. The molecule has 0 radical (unpaired) electrons. The number of ether oxygens (including phenoxy) is 3. The van der Waals surface area contributed by atoms with Gasteiger partial charge < -0.3 is 23.7 Å². The molecule has 2 aliphatic heterocycles. The standard InChI is InChI=1S/C21H36N2O7Si/c1-20(2,3)31(5,6)28-13-14-17(25)21(4,30-16-9-7-8-12-27-16)18(29-14)23-11-10-15(24)22-19(23)26/h10-11,14,16-18,25H,7-9,12-13H2,1-6H3,(H,22,24,26)/t14-,16?,17-,18-,21-/m1/s1. The van der Waals surface area contributed by atoms with Crippen molar-refractivity contribution in [2.24, 2.45) is 0 Å². The van der Waals surface area contributed by atoms with Gasteiger partial charge in [-0.3, -0.25) is 14.3 Å². The summed E-state index contributed by atoms with van der Waals surface area (Å²) in [6.07, 6.45) is 0.751. The SMILES string of the molecule is CC(C)(C)[Si](C)(C)OC[C@H]1O[C@@H](n2ccc(=O)[nH]c2=O)[C@](C)(OC2CCCCO2)[C@@H]1O. The summed E-state index contributed by atoms with van der Waals surface area (Å²) >= 11 is 0. The van der Waals surface area contributed by atoms with E-state index in [9.17, 15) is 14.7 Å². The Hall–Kier alpha value is -1.30. The summed E-state index contributed by atoms with van der Waals surface area (Å²) in [6, 6.07) is 1.24. The van der Waals surface area contributed by atoms with Crippen LogP contribution in [0.4, 0.5) is 0 Å². The van der Waals surface area contributed by atoms with Gasteiger partial charge in [-0.1, -0.05) is 20.8 Å². The zero-order valence-corrected chi connectivity index (χ0v) is 20.3. The highest BCUT2D eigenvalue weighted by atomic mass is 28.4. The van der Waals surface area contributed by atoms with E-state index in [4.69, 9.17) is 18.6 Å². The smallest absolute Gasteiger partial charge is 0.330 e. The monoisotopic (exact) mass is 456 g/mol. The second kappa shape index (κ2) is 8.91. The van der Waals surface area contributed by atoms with Gasteiger partial charge in [0.15, 0.2) is 20.8 Å². The van der Waals surface area contributed by atoms with E-state index in [1.165, 1.54) is 16.8 Å². The van der Waals surface area contributed by atoms with Crippen LogP contribution >= 0.6 is 0 Å². The normalized spacial score (nSPS) is 32.4. The number of nitrogens with zero attached hydrogens (tertiary/aromatic N) is 1. The zero-order chi connectivity index (χ0) is 23.0. The van der Waals surface area contributed by atoms with E-state index >= 15 is 0 Å². The Bertz CT molecular complexity index is 871. The van der Waals surface area contributed by atoms with Crippen molar-refractivity contribution in [1.82, 2.24) is 9.55 Å². The summed E-state index contributed by atoms with van der Waals surface area (Å²) in [7, 11) is -2.08. The van der Waals surface area contributed by atoms with Gasteiger partial charge in [0.25, 0.3) is 5.56 Å². The number of aliphatic hydroxyl groups excluding tert-OH is 1. The molecule has 0 saturated carbocycles. The lowest BCUT2D eigenvalue weighted by Gasteiger charge is -2.38. The minimum absolute atomic E-state index is 0.00154. The number of nitrogens with one attached hydrogen (secondary N) is 1. The van der Waals surface area contributed by atoms with E-state index in [0.29, 0.717) is 13.0 Å². The molecular weight excluding hydrogens is 420 g/mol. The largest absolute Gasteiger partial charge is 0.414 e. The summed E-state index contributed by atoms with van der Waals surface area (Å²) in [6.45, 7) is 13.2. The van der Waals surface area contributed by atoms with Crippen molar-refractivity contribution in [3.8, 4) is 0 Å². The molecule has 0 amide bonds. The van der Waals surface area contributed by atoms with E-state index in [1.807, 2.05) is 0 Å². The molecule has 0 aliphatic carbocycles. The van der Waals surface area contributed by atoms with Crippen molar-refractivity contribution in [1.29, 1.82) is 0 Å². The molecule has 3 rings (SSSR count). The van der Waals surface area contributed by atoms with E-state index < -0.39 is 49.9 Å². The van der Waals surface area contributed by atoms with Gasteiger partial charge in [0, 0.05) is 18.9 Å². The molecule has 2 aliphatic rings. The third-order valence-electron chi connectivity index (χ3n) is 6.78. The summed E-state index contributed by atoms with van der Waals surface area (Å²) in [5.74, 6) is 0. The third kappa shape index (κ3) is 5.04. The Morgan fingerprint density at radius 2 is 2.03 bits per heavy atom. The number of hydrogen-bond acceptors (Lipinski definition) is 7. The average molecular weight is 457 g/mol. The molecule has 10 heteroatoms. The van der Waals surface area contributed by atoms with E-state index in [-0.39, 0.29) is 11.6 Å².